The van der Waals surface area contributed by atoms with Gasteiger partial charge >= 0.3 is 11.9 Å². The van der Waals surface area contributed by atoms with Crippen LogP contribution in [0.15, 0.2) is 42.5 Å². The molecule has 0 saturated heterocycles. The predicted molar refractivity (Wildman–Crippen MR) is 77.9 cm³/mol. The first-order chi connectivity index (χ1) is 10.6. The van der Waals surface area contributed by atoms with Crippen molar-refractivity contribution in [2.45, 2.75) is 0 Å². The summed E-state index contributed by atoms with van der Waals surface area (Å²) in [5.41, 5.74) is 0.137. The number of nitro benzene ring substituents is 1. The Bertz CT molecular complexity index is 1020. The van der Waals surface area contributed by atoms with Gasteiger partial charge in [0.1, 0.15) is 0 Å². The van der Waals surface area contributed by atoms with E-state index in [1.165, 1.54) is 6.07 Å². The molecule has 0 fully saturated rings. The molecule has 0 atom stereocenters. The summed E-state index contributed by atoms with van der Waals surface area (Å²) in [7, 11) is 0. The fourth-order valence-corrected chi connectivity index (χ4v) is 2.93. The van der Waals surface area contributed by atoms with Crippen molar-refractivity contribution in [3.63, 3.8) is 0 Å². The van der Waals surface area contributed by atoms with E-state index in [9.17, 15) is 19.7 Å². The summed E-state index contributed by atoms with van der Waals surface area (Å²) in [4.78, 5) is 34.8. The Morgan fingerprint density at radius 1 is 0.909 bits per heavy atom. The second kappa shape index (κ2) is 4.11. The maximum atomic E-state index is 12.2. The molecular formula is C16H7NO5. The van der Waals surface area contributed by atoms with Crippen molar-refractivity contribution in [3.05, 3.63) is 63.7 Å². The number of hydrogen-bond donors (Lipinski definition) is 0. The Labute approximate surface area is 123 Å². The highest BCUT2D eigenvalue weighted by atomic mass is 16.6. The van der Waals surface area contributed by atoms with Crippen LogP contribution in [0.2, 0.25) is 0 Å². The number of hydrogen-bond acceptors (Lipinski definition) is 5. The molecule has 0 saturated carbocycles. The van der Waals surface area contributed by atoms with E-state index in [4.69, 9.17) is 4.74 Å². The number of rotatable bonds is 1. The van der Waals surface area contributed by atoms with E-state index < -0.39 is 16.9 Å². The zero-order valence-electron chi connectivity index (χ0n) is 11.0. The minimum Gasteiger partial charge on any atom is -0.386 e. The summed E-state index contributed by atoms with van der Waals surface area (Å²) in [5.74, 6) is -1.59. The second-order valence-electron chi connectivity index (χ2n) is 4.96. The number of ether oxygens (including phenoxy) is 1. The monoisotopic (exact) mass is 293 g/mol. The average Bonchev–Trinajstić information content (AvgIpc) is 2.50. The molecule has 1 aliphatic rings. The number of esters is 2. The number of cyclic esters (lactones) is 2. The summed E-state index contributed by atoms with van der Waals surface area (Å²) in [6, 6.07) is 11.3. The molecule has 6 heteroatoms. The molecule has 3 aromatic carbocycles. The lowest BCUT2D eigenvalue weighted by Gasteiger charge is -2.17. The molecule has 4 rings (SSSR count). The van der Waals surface area contributed by atoms with Gasteiger partial charge in [-0.2, -0.15) is 0 Å². The second-order valence-corrected chi connectivity index (χ2v) is 4.96. The van der Waals surface area contributed by atoms with Gasteiger partial charge in [0.15, 0.2) is 0 Å². The van der Waals surface area contributed by atoms with Crippen LogP contribution in [0.3, 0.4) is 0 Å². The predicted octanol–water partition coefficient (Wildman–Crippen LogP) is 3.21. The van der Waals surface area contributed by atoms with E-state index in [0.29, 0.717) is 16.2 Å². The third-order valence-electron chi connectivity index (χ3n) is 3.79. The van der Waals surface area contributed by atoms with Gasteiger partial charge in [0.25, 0.3) is 5.69 Å². The van der Waals surface area contributed by atoms with Crippen molar-refractivity contribution >= 4 is 39.2 Å². The molecule has 0 bridgehead atoms. The number of carbonyl (C=O) groups excluding carboxylic acids is 2. The summed E-state index contributed by atoms with van der Waals surface area (Å²) in [5, 5.41) is 13.1. The largest absolute Gasteiger partial charge is 0.386 e. The van der Waals surface area contributed by atoms with Crippen LogP contribution >= 0.6 is 0 Å². The van der Waals surface area contributed by atoms with Crippen LogP contribution in [0, 0.1) is 10.1 Å². The first-order valence-corrected chi connectivity index (χ1v) is 6.47. The summed E-state index contributed by atoms with van der Waals surface area (Å²) >= 11 is 0. The molecule has 0 spiro atoms. The highest BCUT2D eigenvalue weighted by Gasteiger charge is 2.31. The Kier molecular flexibility index (Phi) is 2.33. The van der Waals surface area contributed by atoms with Gasteiger partial charge in [-0.25, -0.2) is 9.59 Å². The van der Waals surface area contributed by atoms with Gasteiger partial charge in [-0.15, -0.1) is 0 Å². The van der Waals surface area contributed by atoms with Crippen LogP contribution in [-0.2, 0) is 4.74 Å². The van der Waals surface area contributed by atoms with Crippen molar-refractivity contribution in [1.82, 2.24) is 0 Å². The maximum absolute atomic E-state index is 12.2. The van der Waals surface area contributed by atoms with Gasteiger partial charge in [0, 0.05) is 11.5 Å². The van der Waals surface area contributed by atoms with Crippen LogP contribution < -0.4 is 0 Å². The highest BCUT2D eigenvalue weighted by Crippen LogP contribution is 2.38. The first kappa shape index (κ1) is 12.5. The van der Waals surface area contributed by atoms with E-state index in [0.717, 1.165) is 0 Å². The minimum atomic E-state index is -0.853. The smallest absolute Gasteiger partial charge is 0.347 e. The number of carbonyl (C=O) groups is 2. The van der Waals surface area contributed by atoms with Crippen molar-refractivity contribution in [1.29, 1.82) is 0 Å². The van der Waals surface area contributed by atoms with Gasteiger partial charge in [0.05, 0.1) is 21.4 Å². The third kappa shape index (κ3) is 1.49. The standard InChI is InChI=1S/C16H7NO5/c18-15-10-5-1-3-8-7-9-4-2-6-11(17(20)21)13(9)14(12(8)10)16(19)22-15/h1-7H. The van der Waals surface area contributed by atoms with Crippen LogP contribution in [-0.4, -0.2) is 16.9 Å². The van der Waals surface area contributed by atoms with E-state index in [-0.39, 0.29) is 22.2 Å². The Morgan fingerprint density at radius 3 is 2.32 bits per heavy atom. The number of benzene rings is 3. The number of nitrogens with zero attached hydrogens (tertiary/aromatic N) is 1. The fraction of sp³-hybridized carbons (Fsp3) is 0. The maximum Gasteiger partial charge on any atom is 0.347 e. The zero-order chi connectivity index (χ0) is 15.4. The van der Waals surface area contributed by atoms with Crippen molar-refractivity contribution in [3.8, 4) is 0 Å². The molecule has 106 valence electrons. The van der Waals surface area contributed by atoms with Crippen molar-refractivity contribution in [2.75, 3.05) is 0 Å². The molecule has 22 heavy (non-hydrogen) atoms. The van der Waals surface area contributed by atoms with Gasteiger partial charge in [-0.1, -0.05) is 24.3 Å². The van der Waals surface area contributed by atoms with Gasteiger partial charge in [-0.05, 0) is 22.9 Å². The molecule has 0 amide bonds. The van der Waals surface area contributed by atoms with Crippen LogP contribution in [0.4, 0.5) is 5.69 Å². The molecule has 0 radical (unpaired) electrons. The molecule has 6 nitrogen and oxygen atoms in total. The Balaban J connectivity index is 2.34. The molecule has 0 aromatic heterocycles. The van der Waals surface area contributed by atoms with Crippen molar-refractivity contribution < 1.29 is 19.2 Å². The topological polar surface area (TPSA) is 86.5 Å². The molecule has 0 aliphatic carbocycles. The Morgan fingerprint density at radius 2 is 1.59 bits per heavy atom. The van der Waals surface area contributed by atoms with Crippen molar-refractivity contribution in [2.24, 2.45) is 0 Å². The van der Waals surface area contributed by atoms with Crippen LogP contribution in [0.5, 0.6) is 0 Å². The lowest BCUT2D eigenvalue weighted by atomic mass is 9.91. The minimum absolute atomic E-state index is 0.0787. The molecule has 1 heterocycles. The summed E-state index contributed by atoms with van der Waals surface area (Å²) < 4.78 is 4.75. The van der Waals surface area contributed by atoms with Gasteiger partial charge in [-0.3, -0.25) is 10.1 Å². The highest BCUT2D eigenvalue weighted by molar-refractivity contribution is 6.27. The molecule has 0 N–H and O–H groups in total. The zero-order valence-corrected chi connectivity index (χ0v) is 11.0. The fourth-order valence-electron chi connectivity index (χ4n) is 2.93. The van der Waals surface area contributed by atoms with Gasteiger partial charge in [0.2, 0.25) is 0 Å². The lowest BCUT2D eigenvalue weighted by molar-refractivity contribution is -0.383. The third-order valence-corrected chi connectivity index (χ3v) is 3.79. The summed E-state index contributed by atoms with van der Waals surface area (Å²) in [6.07, 6.45) is 0. The summed E-state index contributed by atoms with van der Waals surface area (Å²) in [6.45, 7) is 0. The Hall–Kier alpha value is -3.28. The normalized spacial score (nSPS) is 13.5. The first-order valence-electron chi connectivity index (χ1n) is 6.47. The SMILES string of the molecule is O=C1OC(=O)c2c3c1cccc3cc1cccc([N+](=O)[O-])c21. The number of nitro groups is 1. The molecular weight excluding hydrogens is 286 g/mol. The van der Waals surface area contributed by atoms with Gasteiger partial charge < -0.3 is 4.74 Å². The van der Waals surface area contributed by atoms with E-state index in [1.54, 1.807) is 36.4 Å². The van der Waals surface area contributed by atoms with E-state index in [2.05, 4.69) is 0 Å². The molecule has 1 aliphatic heterocycles. The number of non-ortho nitro benzene ring substituents is 1. The van der Waals surface area contributed by atoms with Crippen LogP contribution in [0.25, 0.3) is 21.5 Å². The number of fused-ring (bicyclic) bond motifs is 2. The van der Waals surface area contributed by atoms with Crippen LogP contribution in [0.1, 0.15) is 20.7 Å². The quantitative estimate of drug-likeness (QED) is 0.226. The average molecular weight is 293 g/mol. The van der Waals surface area contributed by atoms with E-state index in [1.807, 2.05) is 0 Å². The van der Waals surface area contributed by atoms with E-state index >= 15 is 0 Å². The lowest BCUT2D eigenvalue weighted by Crippen LogP contribution is -2.20. The molecule has 3 aromatic rings. The molecule has 0 unspecified atom stereocenters.